The van der Waals surface area contributed by atoms with E-state index in [-0.39, 0.29) is 24.5 Å². The number of ether oxygens (including phenoxy) is 3. The highest BCUT2D eigenvalue weighted by Crippen LogP contribution is 2.32. The third kappa shape index (κ3) is 12.8. The van der Waals surface area contributed by atoms with Gasteiger partial charge in [-0.3, -0.25) is 19.8 Å². The van der Waals surface area contributed by atoms with Crippen molar-refractivity contribution in [2.45, 2.75) is 96.0 Å². The molecule has 0 aliphatic rings. The zero-order valence-electron chi connectivity index (χ0n) is 29.9. The average Bonchev–Trinajstić information content (AvgIpc) is 3.00. The third-order valence-corrected chi connectivity index (χ3v) is 8.41. The quantitative estimate of drug-likeness (QED) is 0.0773. The second kappa shape index (κ2) is 16.7. The van der Waals surface area contributed by atoms with Crippen LogP contribution in [0.3, 0.4) is 0 Å². The summed E-state index contributed by atoms with van der Waals surface area (Å²) in [5.74, 6) is -0.744. The number of rotatable bonds is 14. The molecule has 1 amide bonds. The van der Waals surface area contributed by atoms with Crippen LogP contribution in [0.5, 0.6) is 5.75 Å². The zero-order chi connectivity index (χ0) is 39.1. The number of carbonyl (C=O) groups excluding carboxylic acids is 2. The van der Waals surface area contributed by atoms with E-state index in [2.05, 4.69) is 9.71 Å². The Labute approximate surface area is 300 Å². The predicted molar refractivity (Wildman–Crippen MR) is 185 cm³/mol. The lowest BCUT2D eigenvalue weighted by Crippen LogP contribution is -2.45. The lowest BCUT2D eigenvalue weighted by atomic mass is 10.0. The molecule has 0 fully saturated rings. The van der Waals surface area contributed by atoms with Gasteiger partial charge in [-0.15, -0.1) is 0 Å². The first-order chi connectivity index (χ1) is 23.9. The summed E-state index contributed by atoms with van der Waals surface area (Å²) in [7, 11) is -4.70. The number of nitro benzene ring substituents is 1. The number of pyridine rings is 1. The monoisotopic (exact) mass is 752 g/mol. The summed E-state index contributed by atoms with van der Waals surface area (Å²) in [6, 6.07) is 8.66. The number of anilines is 1. The molecule has 1 heterocycles. The Morgan fingerprint density at radius 3 is 2.23 bits per heavy atom. The lowest BCUT2D eigenvalue weighted by Gasteiger charge is -2.27. The number of carbonyl (C=O) groups is 2. The van der Waals surface area contributed by atoms with Crippen LogP contribution in [-0.2, 0) is 36.9 Å². The van der Waals surface area contributed by atoms with Crippen LogP contribution in [0.4, 0.5) is 29.5 Å². The Morgan fingerprint density at radius 1 is 0.962 bits per heavy atom. The maximum atomic E-state index is 13.3. The van der Waals surface area contributed by atoms with E-state index in [1.54, 1.807) is 39.1 Å². The number of hydrogen-bond donors (Lipinski definition) is 1. The second-order valence-electron chi connectivity index (χ2n) is 13.9. The molecule has 0 bridgehead atoms. The van der Waals surface area contributed by atoms with Crippen LogP contribution >= 0.6 is 0 Å². The van der Waals surface area contributed by atoms with E-state index in [9.17, 15) is 41.3 Å². The molecule has 1 atom stereocenters. The molecule has 3 aromatic rings. The fraction of sp³-hybridized carbons (Fsp3) is 0.457. The van der Waals surface area contributed by atoms with Gasteiger partial charge in [0.05, 0.1) is 22.0 Å². The number of nitrogens with zero attached hydrogens (tertiary/aromatic N) is 3. The molecule has 0 aliphatic heterocycles. The number of aryl methyl sites for hydroxylation is 1. The molecule has 2 aromatic carbocycles. The summed E-state index contributed by atoms with van der Waals surface area (Å²) in [6.45, 7) is 12.0. The molecule has 1 N–H and O–H groups in total. The van der Waals surface area contributed by atoms with E-state index in [0.29, 0.717) is 30.8 Å². The van der Waals surface area contributed by atoms with Crippen molar-refractivity contribution in [1.29, 1.82) is 0 Å². The minimum absolute atomic E-state index is 0.0287. The van der Waals surface area contributed by atoms with Crippen LogP contribution in [-0.4, -0.2) is 60.8 Å². The van der Waals surface area contributed by atoms with Gasteiger partial charge in [0.1, 0.15) is 23.1 Å². The van der Waals surface area contributed by atoms with Crippen molar-refractivity contribution in [2.75, 3.05) is 18.1 Å². The first kappa shape index (κ1) is 41.6. The number of sulfonamides is 1. The Kier molecular flexibility index (Phi) is 13.4. The van der Waals surface area contributed by atoms with E-state index < -0.39 is 73.0 Å². The largest absolute Gasteiger partial charge is 0.487 e. The molecule has 17 heteroatoms. The van der Waals surface area contributed by atoms with E-state index in [0.717, 1.165) is 23.8 Å². The van der Waals surface area contributed by atoms with Crippen molar-refractivity contribution in [3.8, 4) is 5.75 Å². The number of benzene rings is 2. The molecule has 0 saturated carbocycles. The zero-order valence-corrected chi connectivity index (χ0v) is 30.8. The normalized spacial score (nSPS) is 12.9. The van der Waals surface area contributed by atoms with Crippen LogP contribution in [0.2, 0.25) is 0 Å². The van der Waals surface area contributed by atoms with Gasteiger partial charge in [-0.1, -0.05) is 12.1 Å². The van der Waals surface area contributed by atoms with Crippen LogP contribution in [0.25, 0.3) is 0 Å². The standard InChI is InChI=1S/C35H43F3N4O9S/c1-23-15-16-39-30(19-23)41(32(44)51-34(5,6)7)17-8-9-18-49-29-14-13-24(21-28(29)42(45)46)20-27(31(43)50-33(2,3)4)40-52(47,48)26-12-10-11-25(22-26)35(36,37)38/h10-16,19,21-22,27,40H,8-9,17-18,20H2,1-7H3/t27-/m0/s1. The molecule has 52 heavy (non-hydrogen) atoms. The molecule has 0 spiro atoms. The van der Waals surface area contributed by atoms with Crippen molar-refractivity contribution in [2.24, 2.45) is 0 Å². The highest BCUT2D eigenvalue weighted by atomic mass is 32.2. The molecule has 13 nitrogen and oxygen atoms in total. The first-order valence-corrected chi connectivity index (χ1v) is 17.7. The van der Waals surface area contributed by atoms with Gasteiger partial charge in [-0.2, -0.15) is 17.9 Å². The summed E-state index contributed by atoms with van der Waals surface area (Å²) in [6.07, 6.45) is -3.47. The number of nitrogens with one attached hydrogen (secondary N) is 1. The van der Waals surface area contributed by atoms with Crippen molar-refractivity contribution in [3.63, 3.8) is 0 Å². The highest BCUT2D eigenvalue weighted by Gasteiger charge is 2.34. The molecular formula is C35H43F3N4O9S. The Balaban J connectivity index is 1.76. The van der Waals surface area contributed by atoms with Gasteiger partial charge in [0.25, 0.3) is 0 Å². The summed E-state index contributed by atoms with van der Waals surface area (Å²) in [5, 5.41) is 12.0. The molecule has 0 aliphatic carbocycles. The highest BCUT2D eigenvalue weighted by molar-refractivity contribution is 7.89. The summed E-state index contributed by atoms with van der Waals surface area (Å²) in [4.78, 5) is 42.3. The molecule has 284 valence electrons. The fourth-order valence-corrected chi connectivity index (χ4v) is 5.90. The number of unbranched alkanes of at least 4 members (excludes halogenated alkanes) is 1. The van der Waals surface area contributed by atoms with Crippen molar-refractivity contribution in [1.82, 2.24) is 9.71 Å². The SMILES string of the molecule is Cc1ccnc(N(CCCCOc2ccc(C[C@H](NS(=O)(=O)c3cccc(C(F)(F)F)c3)C(=O)OC(C)(C)C)cc2[N+](=O)[O-])C(=O)OC(C)(C)C)c1. The fourth-order valence-electron chi connectivity index (χ4n) is 4.67. The summed E-state index contributed by atoms with van der Waals surface area (Å²) >= 11 is 0. The summed E-state index contributed by atoms with van der Waals surface area (Å²) < 4.78 is 84.9. The number of halogens is 3. The van der Waals surface area contributed by atoms with Crippen molar-refractivity contribution >= 4 is 33.6 Å². The molecular weight excluding hydrogens is 709 g/mol. The smallest absolute Gasteiger partial charge is 0.416 e. The molecule has 3 rings (SSSR count). The maximum Gasteiger partial charge on any atom is 0.416 e. The molecule has 0 unspecified atom stereocenters. The molecule has 0 saturated heterocycles. The minimum Gasteiger partial charge on any atom is -0.487 e. The maximum absolute atomic E-state index is 13.3. The van der Waals surface area contributed by atoms with Crippen LogP contribution in [0, 0.1) is 17.0 Å². The van der Waals surface area contributed by atoms with Gasteiger partial charge in [-0.25, -0.2) is 18.2 Å². The van der Waals surface area contributed by atoms with E-state index in [1.165, 1.54) is 37.8 Å². The Morgan fingerprint density at radius 2 is 1.63 bits per heavy atom. The van der Waals surface area contributed by atoms with Gasteiger partial charge in [-0.05, 0) is 115 Å². The minimum atomic E-state index is -4.82. The van der Waals surface area contributed by atoms with E-state index in [4.69, 9.17) is 14.2 Å². The number of esters is 1. The van der Waals surface area contributed by atoms with Gasteiger partial charge in [0.2, 0.25) is 10.0 Å². The van der Waals surface area contributed by atoms with Crippen LogP contribution in [0.1, 0.15) is 71.1 Å². The summed E-state index contributed by atoms with van der Waals surface area (Å²) in [5.41, 5.74) is -2.46. The van der Waals surface area contributed by atoms with Crippen molar-refractivity contribution in [3.05, 3.63) is 87.6 Å². The van der Waals surface area contributed by atoms with Gasteiger partial charge in [0, 0.05) is 18.8 Å². The third-order valence-electron chi connectivity index (χ3n) is 6.95. The number of nitro groups is 1. The van der Waals surface area contributed by atoms with Crippen LogP contribution < -0.4 is 14.4 Å². The number of hydrogen-bond acceptors (Lipinski definition) is 10. The van der Waals surface area contributed by atoms with Crippen LogP contribution in [0.15, 0.2) is 65.7 Å². The lowest BCUT2D eigenvalue weighted by molar-refractivity contribution is -0.385. The average molecular weight is 753 g/mol. The molecule has 1 aromatic heterocycles. The van der Waals surface area contributed by atoms with Gasteiger partial charge < -0.3 is 14.2 Å². The topological polar surface area (TPSA) is 167 Å². The van der Waals surface area contributed by atoms with Gasteiger partial charge >= 0.3 is 23.9 Å². The Bertz CT molecular complexity index is 1860. The van der Waals surface area contributed by atoms with E-state index in [1.807, 2.05) is 6.92 Å². The predicted octanol–water partition coefficient (Wildman–Crippen LogP) is 7.15. The Hall–Kier alpha value is -4.77. The second-order valence-corrected chi connectivity index (χ2v) is 15.6. The number of alkyl halides is 3. The van der Waals surface area contributed by atoms with Gasteiger partial charge in [0.15, 0.2) is 5.75 Å². The van der Waals surface area contributed by atoms with Crippen molar-refractivity contribution < 1.29 is 50.3 Å². The first-order valence-electron chi connectivity index (χ1n) is 16.2. The number of amides is 1. The molecule has 0 radical (unpaired) electrons. The van der Waals surface area contributed by atoms with E-state index >= 15 is 0 Å². The number of aromatic nitrogens is 1.